The largest absolute Gasteiger partial charge is 0.472 e. The Morgan fingerprint density at radius 1 is 0.543 bits per heavy atom. The third-order valence-electron chi connectivity index (χ3n) is 10.4. The first-order chi connectivity index (χ1) is 33.5. The van der Waals surface area contributed by atoms with Gasteiger partial charge in [-0.3, -0.25) is 23.2 Å². The van der Waals surface area contributed by atoms with Gasteiger partial charge >= 0.3 is 27.6 Å². The summed E-state index contributed by atoms with van der Waals surface area (Å²) < 4.78 is 49.3. The highest BCUT2D eigenvalue weighted by Crippen LogP contribution is 2.49. The Kier molecular flexibility index (Phi) is 37.1. The molecule has 17 nitrogen and oxygen atoms in total. The van der Waals surface area contributed by atoms with Crippen molar-refractivity contribution < 1.29 is 82.0 Å². The Labute approximate surface area is 415 Å². The van der Waals surface area contributed by atoms with Gasteiger partial charge in [0.05, 0.1) is 12.7 Å². The highest BCUT2D eigenvalue weighted by Gasteiger charge is 2.54. The smallest absolute Gasteiger partial charge is 0.462 e. The Morgan fingerprint density at radius 3 is 1.64 bits per heavy atom. The minimum atomic E-state index is -5.39. The highest BCUT2D eigenvalue weighted by atomic mass is 31.2. The zero-order valence-electron chi connectivity index (χ0n) is 41.0. The second kappa shape index (κ2) is 40.1. The number of ether oxygens (including phenoxy) is 2. The van der Waals surface area contributed by atoms with Crippen molar-refractivity contribution in [3.05, 3.63) is 109 Å². The third-order valence-corrected chi connectivity index (χ3v) is 11.9. The molecule has 70 heavy (non-hydrogen) atoms. The molecule has 1 aliphatic carbocycles. The Balaban J connectivity index is 2.67. The third kappa shape index (κ3) is 34.1. The maximum atomic E-state index is 13.0. The predicted octanol–water partition coefficient (Wildman–Crippen LogP) is 8.70. The zero-order valence-corrected chi connectivity index (χ0v) is 42.8. The van der Waals surface area contributed by atoms with Gasteiger partial charge in [-0.05, 0) is 89.9 Å². The number of phosphoric ester groups is 2. The van der Waals surface area contributed by atoms with Crippen LogP contribution in [0.4, 0.5) is 0 Å². The van der Waals surface area contributed by atoms with Crippen molar-refractivity contribution in [1.29, 1.82) is 0 Å². The minimum absolute atomic E-state index is 0.00377. The molecule has 0 bridgehead atoms. The summed E-state index contributed by atoms with van der Waals surface area (Å²) in [5, 5.41) is 51.3. The van der Waals surface area contributed by atoms with Crippen LogP contribution in [0.2, 0.25) is 0 Å². The second-order valence-corrected chi connectivity index (χ2v) is 19.2. The molecule has 0 saturated heterocycles. The molecule has 0 aromatic rings. The van der Waals surface area contributed by atoms with Crippen LogP contribution in [0.25, 0.3) is 0 Å². The maximum absolute atomic E-state index is 13.0. The van der Waals surface area contributed by atoms with Crippen LogP contribution in [0.1, 0.15) is 136 Å². The molecule has 6 unspecified atom stereocenters. The van der Waals surface area contributed by atoms with Gasteiger partial charge in [-0.25, -0.2) is 9.13 Å². The molecular weight excluding hydrogens is 946 g/mol. The van der Waals surface area contributed by atoms with Crippen molar-refractivity contribution in [3.63, 3.8) is 0 Å². The van der Waals surface area contributed by atoms with E-state index >= 15 is 0 Å². The SMILES string of the molecule is CC/C=C\C/C=C\CC(O)/C=C/C=C\C/C=C\CCCC(=O)OC[C@H](COP(=O)(O)O[C@H]1C(O)C(O)C(O)[C@@H](OP(=O)(O)O)C1O)OC(=O)CCCCC/C=C\C/C=C\C/C=C\C/C=C\CCCCC. The first-order valence-corrected chi connectivity index (χ1v) is 27.6. The first-order valence-electron chi connectivity index (χ1n) is 24.5. The van der Waals surface area contributed by atoms with E-state index < -0.39 is 89.6 Å². The molecule has 0 aromatic heterocycles. The van der Waals surface area contributed by atoms with Gasteiger partial charge < -0.3 is 49.7 Å². The van der Waals surface area contributed by atoms with E-state index in [0.717, 1.165) is 51.4 Å². The van der Waals surface area contributed by atoms with Gasteiger partial charge in [-0.2, -0.15) is 0 Å². The highest BCUT2D eigenvalue weighted by molar-refractivity contribution is 7.47. The molecule has 0 aromatic carbocycles. The Hall–Kier alpha value is -3.38. The normalized spacial score (nSPS) is 22.4. The van der Waals surface area contributed by atoms with Crippen LogP contribution in [0.15, 0.2) is 109 Å². The number of carbonyl (C=O) groups is 2. The van der Waals surface area contributed by atoms with E-state index in [4.69, 9.17) is 18.5 Å². The van der Waals surface area contributed by atoms with Crippen LogP contribution in [-0.2, 0) is 41.8 Å². The lowest BCUT2D eigenvalue weighted by atomic mass is 9.85. The van der Waals surface area contributed by atoms with Crippen molar-refractivity contribution in [1.82, 2.24) is 0 Å². The lowest BCUT2D eigenvalue weighted by molar-refractivity contribution is -0.216. The molecule has 8 N–H and O–H groups in total. The van der Waals surface area contributed by atoms with E-state index in [1.54, 1.807) is 12.2 Å². The molecule has 0 aliphatic heterocycles. The Bertz CT molecular complexity index is 1780. The fourth-order valence-electron chi connectivity index (χ4n) is 6.60. The fraction of sp³-hybridized carbons (Fsp3) is 0.608. The second-order valence-electron chi connectivity index (χ2n) is 16.6. The van der Waals surface area contributed by atoms with E-state index in [9.17, 15) is 58.9 Å². The average molecular weight is 1030 g/mol. The molecule has 0 spiro atoms. The number of aliphatic hydroxyl groups excluding tert-OH is 5. The summed E-state index contributed by atoms with van der Waals surface area (Å²) in [6.07, 6.45) is 35.0. The van der Waals surface area contributed by atoms with Gasteiger partial charge in [0, 0.05) is 12.8 Å². The molecule has 1 aliphatic rings. The summed E-state index contributed by atoms with van der Waals surface area (Å²) in [7, 11) is -10.7. The van der Waals surface area contributed by atoms with Crippen molar-refractivity contribution >= 4 is 27.6 Å². The van der Waals surface area contributed by atoms with Crippen LogP contribution in [0.3, 0.4) is 0 Å². The molecule has 0 heterocycles. The maximum Gasteiger partial charge on any atom is 0.472 e. The number of phosphoric acid groups is 2. The lowest BCUT2D eigenvalue weighted by Crippen LogP contribution is -2.64. The van der Waals surface area contributed by atoms with Crippen molar-refractivity contribution in [3.8, 4) is 0 Å². The summed E-state index contributed by atoms with van der Waals surface area (Å²) in [6.45, 7) is 2.81. The minimum Gasteiger partial charge on any atom is -0.462 e. The summed E-state index contributed by atoms with van der Waals surface area (Å²) in [5.74, 6) is -1.36. The monoisotopic (exact) mass is 1030 g/mol. The van der Waals surface area contributed by atoms with Crippen molar-refractivity contribution in [2.45, 2.75) is 185 Å². The number of unbranched alkanes of at least 4 members (excludes halogenated alkanes) is 7. The lowest BCUT2D eigenvalue weighted by Gasteiger charge is -2.43. The number of aliphatic hydroxyl groups is 5. The van der Waals surface area contributed by atoms with E-state index in [1.165, 1.54) is 19.3 Å². The molecule has 1 rings (SSSR count). The molecular formula is C51H82O17P2. The van der Waals surface area contributed by atoms with Gasteiger partial charge in [0.1, 0.15) is 43.2 Å². The van der Waals surface area contributed by atoms with Crippen molar-refractivity contribution in [2.24, 2.45) is 0 Å². The number of carbonyl (C=O) groups excluding carboxylic acids is 2. The van der Waals surface area contributed by atoms with Gasteiger partial charge in [0.2, 0.25) is 0 Å². The molecule has 19 heteroatoms. The first kappa shape index (κ1) is 64.6. The molecule has 0 amide bonds. The van der Waals surface area contributed by atoms with Crippen LogP contribution >= 0.6 is 15.6 Å². The van der Waals surface area contributed by atoms with Crippen molar-refractivity contribution in [2.75, 3.05) is 13.2 Å². The summed E-state index contributed by atoms with van der Waals surface area (Å²) in [4.78, 5) is 54.3. The van der Waals surface area contributed by atoms with Crippen LogP contribution in [0, 0.1) is 0 Å². The van der Waals surface area contributed by atoms with Crippen LogP contribution in [-0.4, -0.2) is 114 Å². The molecule has 0 radical (unpaired) electrons. The van der Waals surface area contributed by atoms with E-state index in [2.05, 4.69) is 79.1 Å². The number of rotatable bonds is 39. The van der Waals surface area contributed by atoms with E-state index in [-0.39, 0.29) is 12.8 Å². The van der Waals surface area contributed by atoms with Crippen LogP contribution < -0.4 is 0 Å². The number of hydrogen-bond acceptors (Lipinski definition) is 14. The average Bonchev–Trinajstić information content (AvgIpc) is 3.31. The topological polar surface area (TPSA) is 276 Å². The van der Waals surface area contributed by atoms with Gasteiger partial charge in [0.25, 0.3) is 0 Å². The summed E-state index contributed by atoms with van der Waals surface area (Å²) in [6, 6.07) is 0. The van der Waals surface area contributed by atoms with E-state index in [1.807, 2.05) is 36.5 Å². The summed E-state index contributed by atoms with van der Waals surface area (Å²) in [5.41, 5.74) is 0. The quantitative estimate of drug-likeness (QED) is 0.00940. The fourth-order valence-corrected chi connectivity index (χ4v) is 8.14. The molecule has 9 atom stereocenters. The number of allylic oxidation sites excluding steroid dienone is 16. The molecule has 398 valence electrons. The predicted molar refractivity (Wildman–Crippen MR) is 270 cm³/mol. The van der Waals surface area contributed by atoms with Gasteiger partial charge in [-0.15, -0.1) is 0 Å². The van der Waals surface area contributed by atoms with Crippen LogP contribution in [0.5, 0.6) is 0 Å². The zero-order chi connectivity index (χ0) is 51.9. The molecule has 1 saturated carbocycles. The Morgan fingerprint density at radius 2 is 1.06 bits per heavy atom. The summed E-state index contributed by atoms with van der Waals surface area (Å²) >= 11 is 0. The number of hydrogen-bond donors (Lipinski definition) is 8. The standard InChI is InChI=1S/C51H82O17P2/c1-3-5-7-9-11-12-13-14-15-16-17-18-19-20-21-22-27-31-35-39-45(54)66-43(41-65-70(62,63)68-51-48(57)46(55)47(56)50(49(51)58)67-69(59,60)61)40-64-44(53)38-34-30-26-24-23-25-29-33-37-42(52)36-32-28-10-8-6-4-2/h6,8,11-12,14-15,17-18,20-21,24-26,28-29,32-33,37,42-43,46-52,55-58H,3-5,7,9-10,13,16,19,22-23,27,30-31,34-36,38-41H2,1-2H3,(H,62,63)(H2,59,60,61)/b8-6-,12-11-,15-14-,18-17-,21-20-,26-24-,29-25-,32-28-,37-33+/t42?,43-,46?,47?,48?,49?,50-,51+/m1/s1. The van der Waals surface area contributed by atoms with Gasteiger partial charge in [-0.1, -0.05) is 142 Å². The molecule has 1 fully saturated rings. The number of esters is 2. The van der Waals surface area contributed by atoms with E-state index in [0.29, 0.717) is 38.5 Å². The van der Waals surface area contributed by atoms with Gasteiger partial charge in [0.15, 0.2) is 6.10 Å².